The summed E-state index contributed by atoms with van der Waals surface area (Å²) in [5.74, 6) is -0.327. The van der Waals surface area contributed by atoms with Crippen molar-refractivity contribution in [2.24, 2.45) is 5.73 Å². The summed E-state index contributed by atoms with van der Waals surface area (Å²) in [6, 6.07) is 12.3. The van der Waals surface area contributed by atoms with Crippen LogP contribution in [-0.2, 0) is 4.79 Å². The van der Waals surface area contributed by atoms with E-state index in [1.165, 1.54) is 6.42 Å². The van der Waals surface area contributed by atoms with Gasteiger partial charge in [-0.1, -0.05) is 0 Å². The fourth-order valence-electron chi connectivity index (χ4n) is 5.23. The molecule has 2 fully saturated rings. The van der Waals surface area contributed by atoms with Gasteiger partial charge in [0.1, 0.15) is 5.75 Å². The number of nitrogens with zero attached hydrogens (tertiary/aromatic N) is 2. The zero-order valence-electron chi connectivity index (χ0n) is 21.2. The van der Waals surface area contributed by atoms with Crippen molar-refractivity contribution in [3.63, 3.8) is 0 Å². The molecule has 0 spiro atoms. The Balaban J connectivity index is 1.41. The van der Waals surface area contributed by atoms with Crippen LogP contribution in [0.25, 0.3) is 0 Å². The lowest BCUT2D eigenvalue weighted by molar-refractivity contribution is -0.139. The molecule has 2 unspecified atom stereocenters. The van der Waals surface area contributed by atoms with E-state index in [-0.39, 0.29) is 30.5 Å². The summed E-state index contributed by atoms with van der Waals surface area (Å²) in [6.07, 6.45) is 6.54. The summed E-state index contributed by atoms with van der Waals surface area (Å²) in [4.78, 5) is 41.6. The quantitative estimate of drug-likeness (QED) is 0.603. The average molecular weight is 493 g/mol. The van der Waals surface area contributed by atoms with Gasteiger partial charge in [0, 0.05) is 36.3 Å². The molecule has 0 radical (unpaired) electrons. The maximum absolute atomic E-state index is 13.0. The number of carbonyl (C=O) groups is 3. The topological polar surface area (TPSA) is 105 Å². The number of nitrogens with two attached hydrogens (primary N) is 1. The van der Waals surface area contributed by atoms with E-state index in [9.17, 15) is 14.4 Å². The third kappa shape index (κ3) is 5.98. The van der Waals surface area contributed by atoms with E-state index < -0.39 is 5.91 Å². The molecule has 3 N–H and O–H groups in total. The van der Waals surface area contributed by atoms with Crippen molar-refractivity contribution in [3.05, 3.63) is 53.6 Å². The first-order chi connectivity index (χ1) is 17.3. The molecule has 2 aliphatic heterocycles. The number of rotatable bonds is 7. The third-order valence-electron chi connectivity index (χ3n) is 7.19. The van der Waals surface area contributed by atoms with Gasteiger partial charge >= 0.3 is 0 Å². The molecular weight excluding hydrogens is 456 g/mol. The van der Waals surface area contributed by atoms with Crippen molar-refractivity contribution < 1.29 is 19.1 Å². The second-order valence-corrected chi connectivity index (χ2v) is 9.84. The number of hydrogen-bond acceptors (Lipinski definition) is 5. The summed E-state index contributed by atoms with van der Waals surface area (Å²) < 4.78 is 5.73. The average Bonchev–Trinajstić information content (AvgIpc) is 2.88. The molecule has 3 amide bonds. The standard InChI is InChI=1S/C28H36N4O4/c1-19-7-6-8-20(2)32(19)26(33)18-36-23-12-9-21(10-13-23)28(35)30-24-17-22(27(29)34)11-14-25(24)31-15-4-3-5-16-31/h9-14,17,19-20H,3-8,15-16,18H2,1-2H3,(H2,29,34)(H,30,35). The normalized spacial score (nSPS) is 20.1. The summed E-state index contributed by atoms with van der Waals surface area (Å²) in [6.45, 7) is 5.93. The SMILES string of the molecule is CC1CCCC(C)N1C(=O)COc1ccc(C(=O)Nc2cc(C(N)=O)ccc2N2CCCCC2)cc1. The lowest BCUT2D eigenvalue weighted by Crippen LogP contribution is -2.49. The highest BCUT2D eigenvalue weighted by atomic mass is 16.5. The van der Waals surface area contributed by atoms with Gasteiger partial charge in [-0.15, -0.1) is 0 Å². The van der Waals surface area contributed by atoms with Crippen molar-refractivity contribution >= 4 is 29.1 Å². The van der Waals surface area contributed by atoms with E-state index in [0.29, 0.717) is 22.6 Å². The van der Waals surface area contributed by atoms with Crippen molar-refractivity contribution in [1.29, 1.82) is 0 Å². The molecule has 0 aliphatic carbocycles. The summed E-state index contributed by atoms with van der Waals surface area (Å²) >= 11 is 0. The molecule has 8 nitrogen and oxygen atoms in total. The maximum atomic E-state index is 13.0. The number of likely N-dealkylation sites (tertiary alicyclic amines) is 1. The number of ether oxygens (including phenoxy) is 1. The minimum Gasteiger partial charge on any atom is -0.484 e. The van der Waals surface area contributed by atoms with Crippen molar-refractivity contribution in [1.82, 2.24) is 4.90 Å². The van der Waals surface area contributed by atoms with Crippen LogP contribution in [0.2, 0.25) is 0 Å². The molecule has 0 aromatic heterocycles. The molecule has 2 aromatic carbocycles. The number of piperidine rings is 2. The minimum atomic E-state index is -0.542. The van der Waals surface area contributed by atoms with Crippen molar-refractivity contribution in [2.45, 2.75) is 64.5 Å². The number of anilines is 2. The van der Waals surface area contributed by atoms with Crippen LogP contribution in [0.1, 0.15) is 73.1 Å². The first kappa shape index (κ1) is 25.5. The Labute approximate surface area is 212 Å². The van der Waals surface area contributed by atoms with Crippen LogP contribution < -0.4 is 20.7 Å². The fraction of sp³-hybridized carbons (Fsp3) is 0.464. The third-order valence-corrected chi connectivity index (χ3v) is 7.19. The van der Waals surface area contributed by atoms with E-state index in [4.69, 9.17) is 10.5 Å². The number of amides is 3. The number of nitrogens with one attached hydrogen (secondary N) is 1. The number of carbonyl (C=O) groups excluding carboxylic acids is 3. The minimum absolute atomic E-state index is 0.0175. The van der Waals surface area contributed by atoms with Crippen molar-refractivity contribution in [3.8, 4) is 5.75 Å². The monoisotopic (exact) mass is 492 g/mol. The Morgan fingerprint density at radius 3 is 2.19 bits per heavy atom. The fourth-order valence-corrected chi connectivity index (χ4v) is 5.23. The highest BCUT2D eigenvalue weighted by Gasteiger charge is 2.29. The molecule has 2 heterocycles. The van der Waals surface area contributed by atoms with Crippen LogP contribution in [0.4, 0.5) is 11.4 Å². The number of benzene rings is 2. The lowest BCUT2D eigenvalue weighted by Gasteiger charge is -2.38. The Kier molecular flexibility index (Phi) is 8.13. The molecule has 4 rings (SSSR count). The molecule has 36 heavy (non-hydrogen) atoms. The van der Waals surface area contributed by atoms with Crippen LogP contribution in [0, 0.1) is 0 Å². The van der Waals surface area contributed by atoms with Gasteiger partial charge in [-0.2, -0.15) is 0 Å². The van der Waals surface area contributed by atoms with Gasteiger partial charge in [0.05, 0.1) is 11.4 Å². The molecule has 2 aromatic rings. The van der Waals surface area contributed by atoms with Gasteiger partial charge in [0.15, 0.2) is 6.61 Å². The van der Waals surface area contributed by atoms with E-state index in [1.54, 1.807) is 36.4 Å². The van der Waals surface area contributed by atoms with E-state index in [2.05, 4.69) is 24.1 Å². The van der Waals surface area contributed by atoms with E-state index in [1.807, 2.05) is 11.0 Å². The predicted molar refractivity (Wildman–Crippen MR) is 141 cm³/mol. The van der Waals surface area contributed by atoms with Crippen molar-refractivity contribution in [2.75, 3.05) is 29.9 Å². The largest absolute Gasteiger partial charge is 0.484 e. The highest BCUT2D eigenvalue weighted by Crippen LogP contribution is 2.30. The Hall–Kier alpha value is -3.55. The summed E-state index contributed by atoms with van der Waals surface area (Å²) in [7, 11) is 0. The van der Waals surface area contributed by atoms with Crippen LogP contribution in [0.5, 0.6) is 5.75 Å². The van der Waals surface area contributed by atoms with Crippen LogP contribution in [0.15, 0.2) is 42.5 Å². The molecule has 192 valence electrons. The second-order valence-electron chi connectivity index (χ2n) is 9.84. The van der Waals surface area contributed by atoms with Gasteiger partial charge < -0.3 is 25.6 Å². The van der Waals surface area contributed by atoms with Crippen LogP contribution in [-0.4, -0.2) is 54.4 Å². The van der Waals surface area contributed by atoms with Gasteiger partial charge in [0.25, 0.3) is 11.8 Å². The van der Waals surface area contributed by atoms with Crippen LogP contribution >= 0.6 is 0 Å². The molecule has 2 atom stereocenters. The molecule has 0 saturated carbocycles. The van der Waals surface area contributed by atoms with E-state index in [0.717, 1.165) is 50.9 Å². The van der Waals surface area contributed by atoms with Gasteiger partial charge in [0.2, 0.25) is 5.91 Å². The molecular formula is C28H36N4O4. The predicted octanol–water partition coefficient (Wildman–Crippen LogP) is 4.20. The van der Waals surface area contributed by atoms with Gasteiger partial charge in [-0.25, -0.2) is 0 Å². The first-order valence-electron chi connectivity index (χ1n) is 12.9. The first-order valence-corrected chi connectivity index (χ1v) is 12.9. The smallest absolute Gasteiger partial charge is 0.260 e. The second kappa shape index (κ2) is 11.5. The van der Waals surface area contributed by atoms with E-state index >= 15 is 0 Å². The van der Waals surface area contributed by atoms with Gasteiger partial charge in [-0.05, 0) is 94.8 Å². The number of hydrogen-bond donors (Lipinski definition) is 2. The Morgan fingerprint density at radius 1 is 0.917 bits per heavy atom. The zero-order valence-corrected chi connectivity index (χ0v) is 21.2. The maximum Gasteiger partial charge on any atom is 0.260 e. The lowest BCUT2D eigenvalue weighted by atomic mass is 9.97. The molecule has 2 saturated heterocycles. The van der Waals surface area contributed by atoms with Gasteiger partial charge in [-0.3, -0.25) is 14.4 Å². The summed E-state index contributed by atoms with van der Waals surface area (Å²) in [5.41, 5.74) is 7.71. The molecule has 8 heteroatoms. The Bertz CT molecular complexity index is 1090. The zero-order chi connectivity index (χ0) is 25.7. The number of primary amides is 1. The molecule has 2 aliphatic rings. The summed E-state index contributed by atoms with van der Waals surface area (Å²) in [5, 5.41) is 2.95. The Morgan fingerprint density at radius 2 is 1.56 bits per heavy atom. The highest BCUT2D eigenvalue weighted by molar-refractivity contribution is 6.07. The molecule has 0 bridgehead atoms. The van der Waals surface area contributed by atoms with Crippen LogP contribution in [0.3, 0.4) is 0 Å².